The van der Waals surface area contributed by atoms with Crippen LogP contribution in [0.3, 0.4) is 0 Å². The summed E-state index contributed by atoms with van der Waals surface area (Å²) < 4.78 is 132. The predicted octanol–water partition coefficient (Wildman–Crippen LogP) is 13.8. The van der Waals surface area contributed by atoms with E-state index in [1.54, 1.807) is 105 Å². The summed E-state index contributed by atoms with van der Waals surface area (Å²) in [6.07, 6.45) is -14.0. The minimum absolute atomic E-state index is 0.132. The number of alkyl halides is 9. The van der Waals surface area contributed by atoms with Crippen molar-refractivity contribution in [1.29, 1.82) is 0 Å². The van der Waals surface area contributed by atoms with Crippen molar-refractivity contribution >= 4 is 33.1 Å². The third-order valence-electron chi connectivity index (χ3n) is 10.7. The second kappa shape index (κ2) is 14.5. The Bertz CT molecular complexity index is 3020. The van der Waals surface area contributed by atoms with E-state index in [1.165, 1.54) is 36.4 Å². The number of nitrogens with zero attached hydrogens (tertiary/aromatic N) is 6. The van der Waals surface area contributed by atoms with Crippen LogP contribution in [-0.4, -0.2) is 28.7 Å². The Morgan fingerprint density at radius 2 is 0.571 bits per heavy atom. The number of rotatable bonds is 6. The molecule has 0 N–H and O–H groups in total. The lowest BCUT2D eigenvalue weighted by Crippen LogP contribution is -2.07. The number of fused-ring (bicyclic) bond motifs is 3. The van der Waals surface area contributed by atoms with E-state index in [0.29, 0.717) is 49.8 Å². The second-order valence-electron chi connectivity index (χ2n) is 14.7. The van der Waals surface area contributed by atoms with E-state index in [2.05, 4.69) is 0 Å². The van der Waals surface area contributed by atoms with Crippen LogP contribution < -0.4 is 0 Å². The fraction of sp³-hybridized carbons (Fsp3) is 0.0625. The summed E-state index contributed by atoms with van der Waals surface area (Å²) in [6.45, 7) is 0. The fourth-order valence-electron chi connectivity index (χ4n) is 7.92. The summed E-state index contributed by atoms with van der Waals surface area (Å²) in [5, 5.41) is 0. The van der Waals surface area contributed by atoms with Gasteiger partial charge in [0.2, 0.25) is 0 Å². The van der Waals surface area contributed by atoms with E-state index in [9.17, 15) is 39.5 Å². The summed E-state index contributed by atoms with van der Waals surface area (Å²) in [6, 6.07) is 39.9. The number of hydrogen-bond donors (Lipinski definition) is 0. The van der Waals surface area contributed by atoms with Crippen LogP contribution in [0.25, 0.3) is 84.3 Å². The first kappa shape index (κ1) is 39.5. The molecule has 0 saturated carbocycles. The van der Waals surface area contributed by atoms with Gasteiger partial charge in [-0.1, -0.05) is 54.6 Å². The molecule has 7 aromatic carbocycles. The number of para-hydroxylation sites is 6. The van der Waals surface area contributed by atoms with E-state index in [-0.39, 0.29) is 34.5 Å². The normalized spacial score (nSPS) is 12.5. The Labute approximate surface area is 350 Å². The van der Waals surface area contributed by atoms with Crippen molar-refractivity contribution in [2.75, 3.05) is 0 Å². The third-order valence-corrected chi connectivity index (χ3v) is 10.7. The molecule has 63 heavy (non-hydrogen) atoms. The molecule has 3 aromatic heterocycles. The van der Waals surface area contributed by atoms with Crippen LogP contribution in [0.1, 0.15) is 16.7 Å². The molecular formula is C48H27F9N6. The lowest BCUT2D eigenvalue weighted by Gasteiger charge is -2.17. The minimum atomic E-state index is -4.68. The predicted molar refractivity (Wildman–Crippen MR) is 222 cm³/mol. The average Bonchev–Trinajstić information content (AvgIpc) is 3.98. The molecule has 6 nitrogen and oxygen atoms in total. The molecule has 10 rings (SSSR count). The first-order chi connectivity index (χ1) is 30.1. The van der Waals surface area contributed by atoms with Gasteiger partial charge in [-0.3, -0.25) is 13.7 Å². The van der Waals surface area contributed by atoms with Gasteiger partial charge in [-0.25, -0.2) is 15.0 Å². The molecule has 0 aliphatic carbocycles. The van der Waals surface area contributed by atoms with Gasteiger partial charge in [0.15, 0.2) is 0 Å². The van der Waals surface area contributed by atoms with Crippen LogP contribution in [0.2, 0.25) is 0 Å². The molecule has 0 radical (unpaired) electrons. The molecule has 0 bridgehead atoms. The molecule has 0 fully saturated rings. The van der Waals surface area contributed by atoms with Crippen LogP contribution in [0, 0.1) is 0 Å². The zero-order valence-corrected chi connectivity index (χ0v) is 32.2. The van der Waals surface area contributed by atoms with E-state index < -0.39 is 35.2 Å². The van der Waals surface area contributed by atoms with Crippen LogP contribution in [0.5, 0.6) is 0 Å². The van der Waals surface area contributed by atoms with Gasteiger partial charge in [-0.05, 0) is 109 Å². The first-order valence-corrected chi connectivity index (χ1v) is 19.2. The standard InChI is InChI=1S/C48H27F9N6/c49-46(50,51)31-10-7-13-34(25-31)61-40-19-4-1-16-37(40)58-43(61)28-22-29(44-59-38-17-2-5-20-41(38)62(44)35-14-8-11-32(26-35)47(52,53)54)24-30(23-28)45-60-39-18-3-6-21-42(39)63(45)36-15-9-12-33(27-36)48(55,56)57/h1-27H. The summed E-state index contributed by atoms with van der Waals surface area (Å²) in [5.74, 6) is 0.547. The largest absolute Gasteiger partial charge is 0.416 e. The SMILES string of the molecule is FC(F)(F)c1cccc(-n2c(-c3cc(-c4nc5ccccc5n4-c4cccc(C(F)(F)F)c4)cc(-c4nc5ccccc5n4-c4cccc(C(F)(F)F)c4)c3)nc3ccccc32)c1. The van der Waals surface area contributed by atoms with Gasteiger partial charge in [0, 0.05) is 33.8 Å². The van der Waals surface area contributed by atoms with Crippen molar-refractivity contribution in [2.45, 2.75) is 18.5 Å². The smallest absolute Gasteiger partial charge is 0.292 e. The van der Waals surface area contributed by atoms with Crippen LogP contribution in [0.15, 0.2) is 164 Å². The zero-order valence-electron chi connectivity index (χ0n) is 32.2. The molecule has 0 atom stereocenters. The Kier molecular flexibility index (Phi) is 9.06. The first-order valence-electron chi connectivity index (χ1n) is 19.2. The molecule has 312 valence electrons. The van der Waals surface area contributed by atoms with Crippen LogP contribution in [-0.2, 0) is 18.5 Å². The molecule has 15 heteroatoms. The van der Waals surface area contributed by atoms with E-state index >= 15 is 0 Å². The Morgan fingerprint density at radius 1 is 0.302 bits per heavy atom. The number of halogens is 9. The van der Waals surface area contributed by atoms with Crippen molar-refractivity contribution < 1.29 is 39.5 Å². The van der Waals surface area contributed by atoms with Crippen molar-refractivity contribution in [1.82, 2.24) is 28.7 Å². The Hall–Kier alpha value is -7.68. The van der Waals surface area contributed by atoms with E-state index in [0.717, 1.165) is 36.4 Å². The lowest BCUT2D eigenvalue weighted by molar-refractivity contribution is -0.138. The monoisotopic (exact) mass is 858 g/mol. The lowest BCUT2D eigenvalue weighted by atomic mass is 10.0. The molecule has 0 aliphatic heterocycles. The number of aromatic nitrogens is 6. The number of benzene rings is 7. The van der Waals surface area contributed by atoms with Gasteiger partial charge < -0.3 is 0 Å². The number of hydrogen-bond acceptors (Lipinski definition) is 3. The highest BCUT2D eigenvalue weighted by Gasteiger charge is 2.33. The van der Waals surface area contributed by atoms with Crippen molar-refractivity contribution in [3.05, 3.63) is 180 Å². The molecular weight excluding hydrogens is 832 g/mol. The summed E-state index contributed by atoms with van der Waals surface area (Å²) in [4.78, 5) is 14.8. The minimum Gasteiger partial charge on any atom is -0.292 e. The van der Waals surface area contributed by atoms with Gasteiger partial charge in [0.05, 0.1) is 49.8 Å². The van der Waals surface area contributed by atoms with Gasteiger partial charge in [-0.15, -0.1) is 0 Å². The quantitative estimate of drug-likeness (QED) is 0.157. The highest BCUT2D eigenvalue weighted by molar-refractivity contribution is 5.90. The van der Waals surface area contributed by atoms with Gasteiger partial charge in [0.25, 0.3) is 0 Å². The third kappa shape index (κ3) is 7.04. The van der Waals surface area contributed by atoms with E-state index in [1.807, 2.05) is 0 Å². The molecule has 0 amide bonds. The summed E-state index contributed by atoms with van der Waals surface area (Å²) in [5.41, 5.74) is 1.35. The average molecular weight is 859 g/mol. The summed E-state index contributed by atoms with van der Waals surface area (Å²) >= 11 is 0. The molecule has 0 saturated heterocycles. The Balaban J connectivity index is 1.31. The molecule has 0 spiro atoms. The van der Waals surface area contributed by atoms with Gasteiger partial charge in [-0.2, -0.15) is 39.5 Å². The topological polar surface area (TPSA) is 53.5 Å². The Morgan fingerprint density at radius 3 is 0.841 bits per heavy atom. The second-order valence-corrected chi connectivity index (χ2v) is 14.7. The number of imidazole rings is 3. The molecule has 3 heterocycles. The maximum Gasteiger partial charge on any atom is 0.416 e. The van der Waals surface area contributed by atoms with Gasteiger partial charge >= 0.3 is 18.5 Å². The van der Waals surface area contributed by atoms with Crippen LogP contribution >= 0.6 is 0 Å². The van der Waals surface area contributed by atoms with Crippen molar-refractivity contribution in [3.63, 3.8) is 0 Å². The fourth-order valence-corrected chi connectivity index (χ4v) is 7.92. The maximum atomic E-state index is 14.2. The van der Waals surface area contributed by atoms with Crippen molar-refractivity contribution in [2.24, 2.45) is 0 Å². The van der Waals surface area contributed by atoms with Gasteiger partial charge in [0.1, 0.15) is 17.5 Å². The van der Waals surface area contributed by atoms with Crippen molar-refractivity contribution in [3.8, 4) is 51.2 Å². The highest BCUT2D eigenvalue weighted by Crippen LogP contribution is 2.41. The van der Waals surface area contributed by atoms with Crippen LogP contribution in [0.4, 0.5) is 39.5 Å². The highest BCUT2D eigenvalue weighted by atomic mass is 19.4. The zero-order chi connectivity index (χ0) is 43.8. The summed E-state index contributed by atoms with van der Waals surface area (Å²) in [7, 11) is 0. The van der Waals surface area contributed by atoms with E-state index in [4.69, 9.17) is 15.0 Å². The molecule has 10 aromatic rings. The maximum absolute atomic E-state index is 14.2. The molecule has 0 aliphatic rings. The molecule has 0 unspecified atom stereocenters.